The van der Waals surface area contributed by atoms with Gasteiger partial charge in [-0.25, -0.2) is 0 Å². The molecule has 0 unspecified atom stereocenters. The fourth-order valence-corrected chi connectivity index (χ4v) is 2.58. The van der Waals surface area contributed by atoms with E-state index < -0.39 is 17.4 Å². The van der Waals surface area contributed by atoms with Gasteiger partial charge in [0.05, 0.1) is 6.54 Å². The summed E-state index contributed by atoms with van der Waals surface area (Å²) in [6.07, 6.45) is 1.93. The van der Waals surface area contributed by atoms with Gasteiger partial charge in [0.1, 0.15) is 5.60 Å². The van der Waals surface area contributed by atoms with E-state index in [1.807, 2.05) is 18.4 Å². The van der Waals surface area contributed by atoms with Crippen LogP contribution in [-0.2, 0) is 15.2 Å². The highest BCUT2D eigenvalue weighted by molar-refractivity contribution is 7.98. The number of aliphatic hydroxyl groups is 1. The molecule has 2 amide bonds. The van der Waals surface area contributed by atoms with Gasteiger partial charge in [0, 0.05) is 10.6 Å². The van der Waals surface area contributed by atoms with Crippen LogP contribution in [0, 0.1) is 0 Å². The van der Waals surface area contributed by atoms with Crippen molar-refractivity contribution >= 4 is 29.3 Å². The second-order valence-corrected chi connectivity index (χ2v) is 6.39. The quantitative estimate of drug-likeness (QED) is 0.575. The van der Waals surface area contributed by atoms with Gasteiger partial charge in [-0.3, -0.25) is 9.59 Å². The molecule has 0 spiro atoms. The maximum atomic E-state index is 12.0. The standard InChI is InChI=1S/C18H20N2O3S/c1-18(23,13-7-4-3-5-8-13)12-19-16(21)17(22)20-14-9-6-10-15(11-14)24-2/h3-11,23H,12H2,1-2H3,(H,19,21)(H,20,22)/t18-/m1/s1. The Labute approximate surface area is 145 Å². The summed E-state index contributed by atoms with van der Waals surface area (Å²) in [5.74, 6) is -1.56. The van der Waals surface area contributed by atoms with Crippen molar-refractivity contribution in [3.63, 3.8) is 0 Å². The minimum absolute atomic E-state index is 0.0614. The molecule has 6 heteroatoms. The Morgan fingerprint density at radius 3 is 2.46 bits per heavy atom. The summed E-state index contributed by atoms with van der Waals surface area (Å²) in [4.78, 5) is 24.9. The fourth-order valence-electron chi connectivity index (χ4n) is 2.12. The Balaban J connectivity index is 1.93. The predicted molar refractivity (Wildman–Crippen MR) is 95.9 cm³/mol. The Kier molecular flexibility index (Phi) is 6.00. The van der Waals surface area contributed by atoms with Crippen molar-refractivity contribution in [1.82, 2.24) is 5.32 Å². The van der Waals surface area contributed by atoms with Crippen LogP contribution in [-0.4, -0.2) is 29.7 Å². The van der Waals surface area contributed by atoms with Crippen molar-refractivity contribution in [3.8, 4) is 0 Å². The summed E-state index contributed by atoms with van der Waals surface area (Å²) in [7, 11) is 0. The molecule has 0 bridgehead atoms. The van der Waals surface area contributed by atoms with E-state index in [2.05, 4.69) is 10.6 Å². The van der Waals surface area contributed by atoms with Crippen molar-refractivity contribution in [2.24, 2.45) is 0 Å². The summed E-state index contributed by atoms with van der Waals surface area (Å²) >= 11 is 1.54. The monoisotopic (exact) mass is 344 g/mol. The van der Waals surface area contributed by atoms with Crippen molar-refractivity contribution in [2.75, 3.05) is 18.1 Å². The molecule has 2 aromatic carbocycles. The van der Waals surface area contributed by atoms with E-state index in [1.54, 1.807) is 61.2 Å². The summed E-state index contributed by atoms with van der Waals surface area (Å²) in [5, 5.41) is 15.4. The highest BCUT2D eigenvalue weighted by Gasteiger charge is 2.25. The number of benzene rings is 2. The average Bonchev–Trinajstić information content (AvgIpc) is 2.60. The number of hydrogen-bond acceptors (Lipinski definition) is 4. The number of nitrogens with one attached hydrogen (secondary N) is 2. The molecule has 0 saturated heterocycles. The van der Waals surface area contributed by atoms with Crippen LogP contribution in [0.15, 0.2) is 59.5 Å². The van der Waals surface area contributed by atoms with E-state index in [0.29, 0.717) is 11.3 Å². The van der Waals surface area contributed by atoms with Crippen LogP contribution in [0.5, 0.6) is 0 Å². The number of hydrogen-bond donors (Lipinski definition) is 3. The number of carbonyl (C=O) groups is 2. The zero-order valence-electron chi connectivity index (χ0n) is 13.6. The van der Waals surface area contributed by atoms with Gasteiger partial charge in [-0.2, -0.15) is 0 Å². The molecule has 24 heavy (non-hydrogen) atoms. The topological polar surface area (TPSA) is 78.4 Å². The predicted octanol–water partition coefficient (Wildman–Crippen LogP) is 2.37. The van der Waals surface area contributed by atoms with Crippen LogP contribution in [0.1, 0.15) is 12.5 Å². The number of anilines is 1. The van der Waals surface area contributed by atoms with Crippen molar-refractivity contribution in [1.29, 1.82) is 0 Å². The van der Waals surface area contributed by atoms with E-state index in [1.165, 1.54) is 0 Å². The summed E-state index contributed by atoms with van der Waals surface area (Å²) in [5.41, 5.74) is -0.0362. The molecule has 0 heterocycles. The molecule has 2 aromatic rings. The van der Waals surface area contributed by atoms with Gasteiger partial charge in [0.2, 0.25) is 0 Å². The zero-order chi connectivity index (χ0) is 17.6. The Hall–Kier alpha value is -2.31. The van der Waals surface area contributed by atoms with Crippen LogP contribution in [0.4, 0.5) is 5.69 Å². The lowest BCUT2D eigenvalue weighted by atomic mass is 9.96. The zero-order valence-corrected chi connectivity index (χ0v) is 14.4. The number of rotatable bonds is 5. The number of carbonyl (C=O) groups excluding carboxylic acids is 2. The molecule has 2 rings (SSSR count). The van der Waals surface area contributed by atoms with Crippen molar-refractivity contribution in [3.05, 3.63) is 60.2 Å². The molecular weight excluding hydrogens is 324 g/mol. The molecule has 3 N–H and O–H groups in total. The van der Waals surface area contributed by atoms with Crippen LogP contribution >= 0.6 is 11.8 Å². The number of thioether (sulfide) groups is 1. The minimum Gasteiger partial charge on any atom is -0.384 e. The van der Waals surface area contributed by atoms with Gasteiger partial charge >= 0.3 is 11.8 Å². The SMILES string of the molecule is CSc1cccc(NC(=O)C(=O)NC[C@@](C)(O)c2ccccc2)c1. The summed E-state index contributed by atoms with van der Waals surface area (Å²) < 4.78 is 0. The highest BCUT2D eigenvalue weighted by atomic mass is 32.2. The maximum absolute atomic E-state index is 12.0. The van der Waals surface area contributed by atoms with Gasteiger partial charge in [0.15, 0.2) is 0 Å². The normalized spacial score (nSPS) is 13.0. The van der Waals surface area contributed by atoms with Crippen LogP contribution in [0.3, 0.4) is 0 Å². The summed E-state index contributed by atoms with van der Waals surface area (Å²) in [6.45, 7) is 1.52. The van der Waals surface area contributed by atoms with Gasteiger partial charge in [-0.1, -0.05) is 36.4 Å². The first-order chi connectivity index (χ1) is 11.4. The number of amides is 2. The molecule has 0 fully saturated rings. The van der Waals surface area contributed by atoms with Gasteiger partial charge in [0.25, 0.3) is 0 Å². The lowest BCUT2D eigenvalue weighted by molar-refractivity contribution is -0.136. The first-order valence-corrected chi connectivity index (χ1v) is 8.66. The van der Waals surface area contributed by atoms with Gasteiger partial charge < -0.3 is 15.7 Å². The highest BCUT2D eigenvalue weighted by Crippen LogP contribution is 2.20. The third kappa shape index (κ3) is 4.84. The molecule has 126 valence electrons. The average molecular weight is 344 g/mol. The van der Waals surface area contributed by atoms with E-state index in [-0.39, 0.29) is 6.54 Å². The van der Waals surface area contributed by atoms with Crippen LogP contribution in [0.2, 0.25) is 0 Å². The van der Waals surface area contributed by atoms with Crippen LogP contribution < -0.4 is 10.6 Å². The van der Waals surface area contributed by atoms with E-state index in [0.717, 1.165) is 4.90 Å². The maximum Gasteiger partial charge on any atom is 0.313 e. The second-order valence-electron chi connectivity index (χ2n) is 5.51. The Bertz CT molecular complexity index is 717. The Morgan fingerprint density at radius 2 is 1.79 bits per heavy atom. The smallest absolute Gasteiger partial charge is 0.313 e. The third-order valence-electron chi connectivity index (χ3n) is 3.52. The van der Waals surface area contributed by atoms with E-state index in [4.69, 9.17) is 0 Å². The lowest BCUT2D eigenvalue weighted by Gasteiger charge is -2.24. The second kappa shape index (κ2) is 7.99. The van der Waals surface area contributed by atoms with Crippen molar-refractivity contribution in [2.45, 2.75) is 17.4 Å². The fraction of sp³-hybridized carbons (Fsp3) is 0.222. The van der Waals surface area contributed by atoms with Crippen LogP contribution in [0.25, 0.3) is 0 Å². The first kappa shape index (κ1) is 18.0. The largest absolute Gasteiger partial charge is 0.384 e. The van der Waals surface area contributed by atoms with Gasteiger partial charge in [-0.05, 0) is 36.9 Å². The molecule has 0 aromatic heterocycles. The summed E-state index contributed by atoms with van der Waals surface area (Å²) in [6, 6.07) is 16.2. The molecule has 0 saturated carbocycles. The third-order valence-corrected chi connectivity index (χ3v) is 4.25. The molecular formula is C18H20N2O3S. The van der Waals surface area contributed by atoms with Crippen molar-refractivity contribution < 1.29 is 14.7 Å². The molecule has 5 nitrogen and oxygen atoms in total. The minimum atomic E-state index is -1.25. The molecule has 1 atom stereocenters. The van der Waals surface area contributed by atoms with E-state index >= 15 is 0 Å². The molecule has 0 aliphatic heterocycles. The van der Waals surface area contributed by atoms with Gasteiger partial charge in [-0.15, -0.1) is 11.8 Å². The van der Waals surface area contributed by atoms with E-state index in [9.17, 15) is 14.7 Å². The molecule has 0 radical (unpaired) electrons. The molecule has 0 aliphatic carbocycles. The molecule has 0 aliphatic rings. The lowest BCUT2D eigenvalue weighted by Crippen LogP contribution is -2.43. The Morgan fingerprint density at radius 1 is 1.08 bits per heavy atom. The first-order valence-electron chi connectivity index (χ1n) is 7.43.